The summed E-state index contributed by atoms with van der Waals surface area (Å²) in [4.78, 5) is 7.99. The van der Waals surface area contributed by atoms with Crippen LogP contribution in [0, 0.1) is 6.92 Å². The molecule has 2 rings (SSSR count). The molecule has 2 heterocycles. The molecule has 0 saturated carbocycles. The molecule has 2 aromatic rings. The summed E-state index contributed by atoms with van der Waals surface area (Å²) in [5, 5.41) is 3.99. The largest absolute Gasteiger partial charge is 0.313 e. The Morgan fingerprint density at radius 2 is 2.14 bits per heavy atom. The van der Waals surface area contributed by atoms with E-state index in [4.69, 9.17) is 0 Å². The number of aromatic nitrogens is 2. The molecule has 2 aromatic heterocycles. The summed E-state index contributed by atoms with van der Waals surface area (Å²) in [5.74, 6) is 0. The van der Waals surface area contributed by atoms with Gasteiger partial charge in [0.15, 0.2) is 4.21 Å². The van der Waals surface area contributed by atoms with Crippen LogP contribution in [0.5, 0.6) is 0 Å². The Balaban J connectivity index is 1.66. The van der Waals surface area contributed by atoms with Gasteiger partial charge in [0.25, 0.3) is 10.0 Å². The van der Waals surface area contributed by atoms with Crippen LogP contribution < -0.4 is 10.0 Å². The Morgan fingerprint density at radius 1 is 1.29 bits per heavy atom. The summed E-state index contributed by atoms with van der Waals surface area (Å²) in [7, 11) is -3.41. The van der Waals surface area contributed by atoms with Crippen LogP contribution in [0.15, 0.2) is 34.9 Å². The van der Waals surface area contributed by atoms with Gasteiger partial charge in [0.1, 0.15) is 0 Å². The summed E-state index contributed by atoms with van der Waals surface area (Å²) in [6.45, 7) is 3.65. The molecule has 0 aromatic carbocycles. The molecule has 21 heavy (non-hydrogen) atoms. The second-order valence-electron chi connectivity index (χ2n) is 4.49. The molecule has 0 bridgehead atoms. The fraction of sp³-hybridized carbons (Fsp3) is 0.385. The number of hydrogen-bond donors (Lipinski definition) is 2. The summed E-state index contributed by atoms with van der Waals surface area (Å²) in [6, 6.07) is 3.89. The summed E-state index contributed by atoms with van der Waals surface area (Å²) in [6.07, 6.45) is 5.65. The number of hydrogen-bond acceptors (Lipinski definition) is 6. The standard InChI is InChI=1S/C13H18N4O2S2/c1-11-16-10-13(20-11)21(18,19)17-7-3-6-15-9-12-4-2-5-14-8-12/h2,4-5,8,10,15,17H,3,6-7,9H2,1H3. The summed E-state index contributed by atoms with van der Waals surface area (Å²) in [5.41, 5.74) is 1.11. The smallest absolute Gasteiger partial charge is 0.251 e. The van der Waals surface area contributed by atoms with Gasteiger partial charge in [-0.25, -0.2) is 18.1 Å². The molecule has 0 saturated heterocycles. The van der Waals surface area contributed by atoms with Crippen molar-refractivity contribution in [3.8, 4) is 0 Å². The first-order valence-corrected chi connectivity index (χ1v) is 8.89. The highest BCUT2D eigenvalue weighted by Crippen LogP contribution is 2.17. The molecular formula is C13H18N4O2S2. The molecule has 6 nitrogen and oxygen atoms in total. The zero-order valence-corrected chi connectivity index (χ0v) is 13.4. The minimum Gasteiger partial charge on any atom is -0.313 e. The Kier molecular flexibility index (Phi) is 5.80. The number of rotatable bonds is 8. The van der Waals surface area contributed by atoms with E-state index in [9.17, 15) is 8.42 Å². The van der Waals surface area contributed by atoms with E-state index < -0.39 is 10.0 Å². The predicted octanol–water partition coefficient (Wildman–Crippen LogP) is 1.30. The Hall–Kier alpha value is -1.35. The zero-order valence-electron chi connectivity index (χ0n) is 11.7. The van der Waals surface area contributed by atoms with E-state index in [1.54, 1.807) is 13.1 Å². The lowest BCUT2D eigenvalue weighted by Gasteiger charge is -2.06. The number of pyridine rings is 1. The number of sulfonamides is 1. The van der Waals surface area contributed by atoms with E-state index in [2.05, 4.69) is 20.0 Å². The van der Waals surface area contributed by atoms with E-state index in [0.717, 1.165) is 30.1 Å². The quantitative estimate of drug-likeness (QED) is 0.715. The molecule has 8 heteroatoms. The van der Waals surface area contributed by atoms with Gasteiger partial charge in [-0.2, -0.15) is 0 Å². The van der Waals surface area contributed by atoms with Crippen LogP contribution in [-0.2, 0) is 16.6 Å². The first-order valence-electron chi connectivity index (χ1n) is 6.59. The Bertz CT molecular complexity index is 656. The maximum atomic E-state index is 11.9. The van der Waals surface area contributed by atoms with Gasteiger partial charge in [-0.15, -0.1) is 11.3 Å². The van der Waals surface area contributed by atoms with Crippen molar-refractivity contribution >= 4 is 21.4 Å². The average Bonchev–Trinajstić information content (AvgIpc) is 2.91. The monoisotopic (exact) mass is 326 g/mol. The number of nitrogens with zero attached hydrogens (tertiary/aromatic N) is 2. The molecule has 0 spiro atoms. The van der Waals surface area contributed by atoms with Gasteiger partial charge in [-0.1, -0.05) is 6.07 Å². The third kappa shape index (κ3) is 5.16. The van der Waals surface area contributed by atoms with Gasteiger partial charge in [-0.3, -0.25) is 4.98 Å². The molecule has 0 atom stereocenters. The van der Waals surface area contributed by atoms with Crippen molar-refractivity contribution < 1.29 is 8.42 Å². The molecular weight excluding hydrogens is 308 g/mol. The van der Waals surface area contributed by atoms with Crippen LogP contribution >= 0.6 is 11.3 Å². The van der Waals surface area contributed by atoms with Crippen molar-refractivity contribution in [1.82, 2.24) is 20.0 Å². The maximum absolute atomic E-state index is 11.9. The number of nitrogens with one attached hydrogen (secondary N) is 2. The second-order valence-corrected chi connectivity index (χ2v) is 7.72. The van der Waals surface area contributed by atoms with E-state index >= 15 is 0 Å². The highest BCUT2D eigenvalue weighted by molar-refractivity contribution is 7.91. The highest BCUT2D eigenvalue weighted by atomic mass is 32.2. The van der Waals surface area contributed by atoms with Gasteiger partial charge in [0.05, 0.1) is 11.2 Å². The van der Waals surface area contributed by atoms with Crippen LogP contribution in [-0.4, -0.2) is 31.5 Å². The van der Waals surface area contributed by atoms with Crippen LogP contribution in [0.25, 0.3) is 0 Å². The molecule has 114 valence electrons. The molecule has 0 aliphatic heterocycles. The molecule has 0 amide bonds. The van der Waals surface area contributed by atoms with Crippen LogP contribution in [0.2, 0.25) is 0 Å². The SMILES string of the molecule is Cc1ncc(S(=O)(=O)NCCCNCc2cccnc2)s1. The Labute approximate surface area is 128 Å². The van der Waals surface area contributed by atoms with Crippen molar-refractivity contribution in [1.29, 1.82) is 0 Å². The topological polar surface area (TPSA) is 84.0 Å². The van der Waals surface area contributed by atoms with E-state index in [0.29, 0.717) is 6.54 Å². The minimum atomic E-state index is -3.41. The lowest BCUT2D eigenvalue weighted by atomic mass is 10.3. The average molecular weight is 326 g/mol. The lowest BCUT2D eigenvalue weighted by molar-refractivity contribution is 0.575. The molecule has 0 aliphatic carbocycles. The van der Waals surface area contributed by atoms with Crippen molar-refractivity contribution in [2.75, 3.05) is 13.1 Å². The first kappa shape index (κ1) is 16.0. The second kappa shape index (κ2) is 7.60. The Morgan fingerprint density at radius 3 is 2.81 bits per heavy atom. The number of aryl methyl sites for hydroxylation is 1. The number of thiazole rings is 1. The maximum Gasteiger partial charge on any atom is 0.251 e. The van der Waals surface area contributed by atoms with Crippen LogP contribution in [0.4, 0.5) is 0 Å². The van der Waals surface area contributed by atoms with Gasteiger partial charge in [-0.05, 0) is 31.5 Å². The van der Waals surface area contributed by atoms with E-state index in [1.807, 2.05) is 18.3 Å². The zero-order chi connectivity index (χ0) is 15.1. The van der Waals surface area contributed by atoms with Gasteiger partial charge in [0, 0.05) is 25.5 Å². The fourth-order valence-corrected chi connectivity index (χ4v) is 3.92. The first-order chi connectivity index (χ1) is 10.1. The van der Waals surface area contributed by atoms with Crippen LogP contribution in [0.3, 0.4) is 0 Å². The highest BCUT2D eigenvalue weighted by Gasteiger charge is 2.15. The lowest BCUT2D eigenvalue weighted by Crippen LogP contribution is -2.27. The summed E-state index contributed by atoms with van der Waals surface area (Å²) >= 11 is 1.18. The summed E-state index contributed by atoms with van der Waals surface area (Å²) < 4.78 is 26.7. The van der Waals surface area contributed by atoms with Crippen molar-refractivity contribution in [2.45, 2.75) is 24.1 Å². The fourth-order valence-electron chi connectivity index (χ4n) is 1.69. The molecule has 0 unspecified atom stereocenters. The predicted molar refractivity (Wildman–Crippen MR) is 82.6 cm³/mol. The van der Waals surface area contributed by atoms with Crippen molar-refractivity contribution in [3.63, 3.8) is 0 Å². The third-order valence-corrected chi connectivity index (χ3v) is 5.57. The third-order valence-electron chi connectivity index (χ3n) is 2.74. The van der Waals surface area contributed by atoms with Gasteiger partial charge < -0.3 is 5.32 Å². The van der Waals surface area contributed by atoms with E-state index in [-0.39, 0.29) is 4.21 Å². The normalized spacial score (nSPS) is 11.7. The molecule has 0 fully saturated rings. The van der Waals surface area contributed by atoms with Gasteiger partial charge in [0.2, 0.25) is 0 Å². The minimum absolute atomic E-state index is 0.267. The van der Waals surface area contributed by atoms with Gasteiger partial charge >= 0.3 is 0 Å². The van der Waals surface area contributed by atoms with E-state index in [1.165, 1.54) is 17.5 Å². The van der Waals surface area contributed by atoms with Crippen molar-refractivity contribution in [3.05, 3.63) is 41.3 Å². The van der Waals surface area contributed by atoms with Crippen LogP contribution in [0.1, 0.15) is 17.0 Å². The molecule has 0 radical (unpaired) electrons. The molecule has 2 N–H and O–H groups in total. The van der Waals surface area contributed by atoms with Crippen molar-refractivity contribution in [2.24, 2.45) is 0 Å². The molecule has 0 aliphatic rings.